The number of ether oxygens (including phenoxy) is 1. The Morgan fingerprint density at radius 1 is 1.17 bits per heavy atom. The van der Waals surface area contributed by atoms with Crippen LogP contribution >= 0.6 is 0 Å². The summed E-state index contributed by atoms with van der Waals surface area (Å²) in [5.41, 5.74) is 0.904. The van der Waals surface area contributed by atoms with E-state index in [-0.39, 0.29) is 0 Å². The van der Waals surface area contributed by atoms with Crippen LogP contribution in [0.3, 0.4) is 0 Å². The van der Waals surface area contributed by atoms with E-state index in [2.05, 4.69) is 18.7 Å². The van der Waals surface area contributed by atoms with Gasteiger partial charge >= 0.3 is 0 Å². The summed E-state index contributed by atoms with van der Waals surface area (Å²) < 4.78 is 32.7. The van der Waals surface area contributed by atoms with Crippen LogP contribution in [0.4, 0.5) is 0 Å². The van der Waals surface area contributed by atoms with Gasteiger partial charge in [-0.05, 0) is 23.5 Å². The van der Waals surface area contributed by atoms with Crippen molar-refractivity contribution in [2.45, 2.75) is 25.3 Å². The lowest BCUT2D eigenvalue weighted by molar-refractivity contribution is 0.0604. The molecule has 3 rings (SSSR count). The molecule has 23 heavy (non-hydrogen) atoms. The highest BCUT2D eigenvalue weighted by Crippen LogP contribution is 2.28. The number of likely N-dealkylation sites (tertiary alicyclic amines) is 1. The molecule has 0 aliphatic carbocycles. The van der Waals surface area contributed by atoms with Gasteiger partial charge in [-0.15, -0.1) is 0 Å². The van der Waals surface area contributed by atoms with Crippen molar-refractivity contribution in [2.75, 3.05) is 39.4 Å². The lowest BCUT2D eigenvalue weighted by atomic mass is 9.88. The summed E-state index contributed by atoms with van der Waals surface area (Å²) in [6, 6.07) is 7.41. The Balaban J connectivity index is 1.75. The molecular formula is C17H26N2O3S. The predicted molar refractivity (Wildman–Crippen MR) is 89.6 cm³/mol. The summed E-state index contributed by atoms with van der Waals surface area (Å²) >= 11 is 0. The average molecular weight is 338 g/mol. The first-order chi connectivity index (χ1) is 11.0. The van der Waals surface area contributed by atoms with Gasteiger partial charge in [-0.25, -0.2) is 8.42 Å². The predicted octanol–water partition coefficient (Wildman–Crippen LogP) is 1.80. The molecular weight excluding hydrogens is 312 g/mol. The van der Waals surface area contributed by atoms with Crippen molar-refractivity contribution in [3.63, 3.8) is 0 Å². The molecule has 1 aromatic rings. The van der Waals surface area contributed by atoms with Crippen LogP contribution in [0.25, 0.3) is 0 Å². The summed E-state index contributed by atoms with van der Waals surface area (Å²) in [5.74, 6) is 1.43. The average Bonchev–Trinajstić information content (AvgIpc) is 2.51. The molecule has 0 radical (unpaired) electrons. The first-order valence-electron chi connectivity index (χ1n) is 8.36. The first kappa shape index (κ1) is 16.9. The molecule has 0 unspecified atom stereocenters. The standard InChI is InChI=1S/C17H26N2O3S/c1-14(2)16-12-18(13-16)11-15-5-3-4-6-17(15)23(20,21)19-7-9-22-10-8-19/h3-6,14,16H,7-13H2,1-2H3. The van der Waals surface area contributed by atoms with Crippen LogP contribution in [-0.2, 0) is 21.3 Å². The largest absolute Gasteiger partial charge is 0.379 e. The number of benzene rings is 1. The molecule has 6 heteroatoms. The van der Waals surface area contributed by atoms with Gasteiger partial charge in [0.2, 0.25) is 10.0 Å². The third-order valence-corrected chi connectivity index (χ3v) is 6.88. The number of morpholine rings is 1. The zero-order valence-electron chi connectivity index (χ0n) is 13.9. The van der Waals surface area contributed by atoms with Crippen LogP contribution in [0.15, 0.2) is 29.2 Å². The van der Waals surface area contributed by atoms with Crippen LogP contribution in [0.5, 0.6) is 0 Å². The molecule has 2 aliphatic rings. The van der Waals surface area contributed by atoms with E-state index in [0.717, 1.165) is 24.6 Å². The van der Waals surface area contributed by atoms with Crippen LogP contribution in [0.2, 0.25) is 0 Å². The Morgan fingerprint density at radius 3 is 2.48 bits per heavy atom. The molecule has 2 saturated heterocycles. The van der Waals surface area contributed by atoms with E-state index in [4.69, 9.17) is 4.74 Å². The van der Waals surface area contributed by atoms with E-state index < -0.39 is 10.0 Å². The molecule has 0 amide bonds. The highest BCUT2D eigenvalue weighted by atomic mass is 32.2. The summed E-state index contributed by atoms with van der Waals surface area (Å²) in [6.45, 7) is 9.16. The monoisotopic (exact) mass is 338 g/mol. The van der Waals surface area contributed by atoms with Crippen molar-refractivity contribution in [3.05, 3.63) is 29.8 Å². The molecule has 128 valence electrons. The quantitative estimate of drug-likeness (QED) is 0.821. The fourth-order valence-electron chi connectivity index (χ4n) is 3.21. The molecule has 0 atom stereocenters. The van der Waals surface area contributed by atoms with Gasteiger partial charge < -0.3 is 4.74 Å². The number of hydrogen-bond acceptors (Lipinski definition) is 4. The minimum absolute atomic E-state index is 0.440. The van der Waals surface area contributed by atoms with Gasteiger partial charge in [0.25, 0.3) is 0 Å². The van der Waals surface area contributed by atoms with Gasteiger partial charge in [-0.3, -0.25) is 4.90 Å². The lowest BCUT2D eigenvalue weighted by Crippen LogP contribution is -2.48. The molecule has 1 aromatic carbocycles. The Labute approximate surface area is 139 Å². The molecule has 2 aliphatic heterocycles. The first-order valence-corrected chi connectivity index (χ1v) is 9.80. The maximum atomic E-state index is 12.9. The van der Waals surface area contributed by atoms with Crippen molar-refractivity contribution >= 4 is 10.0 Å². The second kappa shape index (κ2) is 6.89. The van der Waals surface area contributed by atoms with Crippen molar-refractivity contribution in [2.24, 2.45) is 11.8 Å². The summed E-state index contributed by atoms with van der Waals surface area (Å²) in [6.07, 6.45) is 0. The maximum absolute atomic E-state index is 12.9. The molecule has 0 aromatic heterocycles. The highest BCUT2D eigenvalue weighted by Gasteiger charge is 2.32. The van der Waals surface area contributed by atoms with Gasteiger partial charge in [0.05, 0.1) is 18.1 Å². The molecule has 0 spiro atoms. The van der Waals surface area contributed by atoms with E-state index in [9.17, 15) is 8.42 Å². The van der Waals surface area contributed by atoms with E-state index >= 15 is 0 Å². The Morgan fingerprint density at radius 2 is 1.83 bits per heavy atom. The number of sulfonamides is 1. The fourth-order valence-corrected chi connectivity index (χ4v) is 4.84. The van der Waals surface area contributed by atoms with Gasteiger partial charge in [0.1, 0.15) is 0 Å². The van der Waals surface area contributed by atoms with Gasteiger partial charge in [0.15, 0.2) is 0 Å². The molecule has 2 fully saturated rings. The Bertz CT molecular complexity index is 633. The summed E-state index contributed by atoms with van der Waals surface area (Å²) in [5, 5.41) is 0. The lowest BCUT2D eigenvalue weighted by Gasteiger charge is -2.42. The SMILES string of the molecule is CC(C)C1CN(Cc2ccccc2S(=O)(=O)N2CCOCC2)C1. The molecule has 0 saturated carbocycles. The maximum Gasteiger partial charge on any atom is 0.243 e. The second-order valence-corrected chi connectivity index (χ2v) is 8.73. The third-order valence-electron chi connectivity index (χ3n) is 4.88. The zero-order valence-corrected chi connectivity index (χ0v) is 14.8. The zero-order chi connectivity index (χ0) is 16.4. The minimum atomic E-state index is -3.43. The van der Waals surface area contributed by atoms with Crippen molar-refractivity contribution < 1.29 is 13.2 Å². The van der Waals surface area contributed by atoms with E-state index in [1.807, 2.05) is 18.2 Å². The minimum Gasteiger partial charge on any atom is -0.379 e. The Hall–Kier alpha value is -0.950. The Kier molecular flexibility index (Phi) is 5.06. The van der Waals surface area contributed by atoms with Crippen LogP contribution in [-0.4, -0.2) is 57.0 Å². The van der Waals surface area contributed by atoms with E-state index in [1.165, 1.54) is 0 Å². The number of hydrogen-bond donors (Lipinski definition) is 0. The molecule has 0 N–H and O–H groups in total. The summed E-state index contributed by atoms with van der Waals surface area (Å²) in [7, 11) is -3.43. The molecule has 2 heterocycles. The van der Waals surface area contributed by atoms with Crippen molar-refractivity contribution in [3.8, 4) is 0 Å². The van der Waals surface area contributed by atoms with Crippen LogP contribution in [0, 0.1) is 11.8 Å². The van der Waals surface area contributed by atoms with Gasteiger partial charge in [0, 0.05) is 32.7 Å². The van der Waals surface area contributed by atoms with E-state index in [1.54, 1.807) is 10.4 Å². The smallest absolute Gasteiger partial charge is 0.243 e. The van der Waals surface area contributed by atoms with Crippen LogP contribution in [0.1, 0.15) is 19.4 Å². The van der Waals surface area contributed by atoms with Crippen molar-refractivity contribution in [1.82, 2.24) is 9.21 Å². The van der Waals surface area contributed by atoms with Crippen LogP contribution < -0.4 is 0 Å². The third kappa shape index (κ3) is 3.60. The second-order valence-electron chi connectivity index (χ2n) is 6.82. The number of rotatable bonds is 5. The fraction of sp³-hybridized carbons (Fsp3) is 0.647. The van der Waals surface area contributed by atoms with Gasteiger partial charge in [-0.2, -0.15) is 4.31 Å². The van der Waals surface area contributed by atoms with Gasteiger partial charge in [-0.1, -0.05) is 32.0 Å². The number of nitrogens with zero attached hydrogens (tertiary/aromatic N) is 2. The molecule has 5 nitrogen and oxygen atoms in total. The highest BCUT2D eigenvalue weighted by molar-refractivity contribution is 7.89. The molecule has 0 bridgehead atoms. The summed E-state index contributed by atoms with van der Waals surface area (Å²) in [4.78, 5) is 2.79. The normalized spacial score (nSPS) is 21.5. The van der Waals surface area contributed by atoms with Crippen molar-refractivity contribution in [1.29, 1.82) is 0 Å². The van der Waals surface area contributed by atoms with E-state index in [0.29, 0.717) is 43.7 Å². The topological polar surface area (TPSA) is 49.9 Å².